The summed E-state index contributed by atoms with van der Waals surface area (Å²) >= 11 is 2.16. The van der Waals surface area contributed by atoms with Gasteiger partial charge in [-0.25, -0.2) is 14.6 Å². The first-order chi connectivity index (χ1) is 19.9. The summed E-state index contributed by atoms with van der Waals surface area (Å²) in [5.41, 5.74) is 3.32. The smallest absolute Gasteiger partial charge is 0.343 e. The van der Waals surface area contributed by atoms with E-state index < -0.39 is 17.8 Å². The fourth-order valence-electron chi connectivity index (χ4n) is 4.54. The van der Waals surface area contributed by atoms with E-state index in [9.17, 15) is 14.4 Å². The molecule has 0 N–H and O–H groups in total. The van der Waals surface area contributed by atoms with Crippen LogP contribution in [-0.2, 0) is 16.2 Å². The first-order valence-electron chi connectivity index (χ1n) is 13.1. The maximum absolute atomic E-state index is 13.7. The first kappa shape index (κ1) is 28.1. The number of para-hydroxylation sites is 2. The zero-order valence-corrected chi connectivity index (χ0v) is 24.7. The molecule has 0 saturated carbocycles. The average molecular weight is 658 g/mol. The highest BCUT2D eigenvalue weighted by molar-refractivity contribution is 14.1. The monoisotopic (exact) mass is 658 g/mol. The minimum atomic E-state index is -0.737. The molecule has 8 heteroatoms. The van der Waals surface area contributed by atoms with E-state index in [0.29, 0.717) is 41.7 Å². The number of imide groups is 2. The van der Waals surface area contributed by atoms with Gasteiger partial charge in [-0.15, -0.1) is 0 Å². The van der Waals surface area contributed by atoms with Crippen LogP contribution in [0.1, 0.15) is 23.6 Å². The summed E-state index contributed by atoms with van der Waals surface area (Å²) in [7, 11) is 0. The van der Waals surface area contributed by atoms with Gasteiger partial charge in [-0.1, -0.05) is 66.2 Å². The second kappa shape index (κ2) is 12.4. The van der Waals surface area contributed by atoms with Crippen molar-refractivity contribution < 1.29 is 23.9 Å². The van der Waals surface area contributed by atoms with Crippen molar-refractivity contribution in [3.8, 4) is 11.5 Å². The molecule has 0 aliphatic carbocycles. The Hall–Kier alpha value is -4.44. The van der Waals surface area contributed by atoms with Gasteiger partial charge in [-0.3, -0.25) is 9.59 Å². The van der Waals surface area contributed by atoms with Crippen LogP contribution in [0.15, 0.2) is 103 Å². The zero-order chi connectivity index (χ0) is 28.9. The Morgan fingerprint density at radius 1 is 0.756 bits per heavy atom. The number of benzene rings is 4. The molecule has 0 aromatic heterocycles. The lowest BCUT2D eigenvalue weighted by Gasteiger charge is -2.34. The Bertz CT molecular complexity index is 1570. The highest BCUT2D eigenvalue weighted by Gasteiger charge is 2.43. The summed E-state index contributed by atoms with van der Waals surface area (Å²) in [5.74, 6) is -0.341. The number of rotatable bonds is 8. The molecule has 0 bridgehead atoms. The van der Waals surface area contributed by atoms with Gasteiger partial charge in [0.2, 0.25) is 0 Å². The Balaban J connectivity index is 1.55. The Morgan fingerprint density at radius 2 is 1.37 bits per heavy atom. The lowest BCUT2D eigenvalue weighted by molar-refractivity contribution is -0.121. The first-order valence-corrected chi connectivity index (χ1v) is 14.1. The third-order valence-corrected chi connectivity index (χ3v) is 7.19. The Morgan fingerprint density at radius 3 is 1.93 bits per heavy atom. The van der Waals surface area contributed by atoms with E-state index in [1.54, 1.807) is 66.7 Å². The Kier molecular flexibility index (Phi) is 8.49. The number of hydrogen-bond acceptors (Lipinski definition) is 5. The normalized spacial score (nSPS) is 13.4. The van der Waals surface area contributed by atoms with Gasteiger partial charge in [0.15, 0.2) is 11.5 Å². The SMILES string of the molecule is CCOc1cc(C=C2C(=O)N(c3ccccc3)C(=O)N(c3ccccc3)C2=O)cc(I)c1OCc1cccc(C)c1. The van der Waals surface area contributed by atoms with Gasteiger partial charge in [0.25, 0.3) is 11.8 Å². The van der Waals surface area contributed by atoms with Crippen molar-refractivity contribution in [2.24, 2.45) is 0 Å². The van der Waals surface area contributed by atoms with Crippen molar-refractivity contribution >= 4 is 57.9 Å². The summed E-state index contributed by atoms with van der Waals surface area (Å²) in [6.07, 6.45) is 1.50. The van der Waals surface area contributed by atoms with Gasteiger partial charge in [0.1, 0.15) is 12.2 Å². The second-order valence-electron chi connectivity index (χ2n) is 9.33. The van der Waals surface area contributed by atoms with Gasteiger partial charge in [-0.2, -0.15) is 0 Å². The average Bonchev–Trinajstić information content (AvgIpc) is 2.96. The van der Waals surface area contributed by atoms with Crippen LogP contribution in [0.3, 0.4) is 0 Å². The van der Waals surface area contributed by atoms with E-state index in [-0.39, 0.29) is 5.57 Å². The zero-order valence-electron chi connectivity index (χ0n) is 22.5. The predicted molar refractivity (Wildman–Crippen MR) is 167 cm³/mol. The lowest BCUT2D eigenvalue weighted by Crippen LogP contribution is -2.57. The van der Waals surface area contributed by atoms with Crippen molar-refractivity contribution in [2.75, 3.05) is 16.4 Å². The van der Waals surface area contributed by atoms with Crippen LogP contribution in [0.25, 0.3) is 6.08 Å². The fourth-order valence-corrected chi connectivity index (χ4v) is 5.32. The molecule has 1 fully saturated rings. The minimum absolute atomic E-state index is 0.149. The number of amides is 4. The molecule has 4 aromatic rings. The Labute approximate surface area is 252 Å². The number of halogens is 1. The molecule has 0 unspecified atom stereocenters. The number of carbonyl (C=O) groups excluding carboxylic acids is 3. The van der Waals surface area contributed by atoms with Crippen LogP contribution >= 0.6 is 22.6 Å². The van der Waals surface area contributed by atoms with Gasteiger partial charge < -0.3 is 9.47 Å². The predicted octanol–water partition coefficient (Wildman–Crippen LogP) is 7.16. The number of carbonyl (C=O) groups is 3. The van der Waals surface area contributed by atoms with Crippen LogP contribution < -0.4 is 19.3 Å². The quantitative estimate of drug-likeness (QED) is 0.114. The molecule has 0 radical (unpaired) electrons. The maximum atomic E-state index is 13.7. The molecule has 1 saturated heterocycles. The van der Waals surface area contributed by atoms with E-state index in [1.165, 1.54) is 6.08 Å². The molecule has 4 amide bonds. The van der Waals surface area contributed by atoms with Crippen LogP contribution in [0.5, 0.6) is 11.5 Å². The molecule has 41 heavy (non-hydrogen) atoms. The molecule has 1 heterocycles. The van der Waals surface area contributed by atoms with Crippen molar-refractivity contribution in [3.05, 3.63) is 123 Å². The fraction of sp³-hybridized carbons (Fsp3) is 0.121. The standard InChI is InChI=1S/C33H27IN2O5/c1-3-40-29-20-24(19-28(34)30(29)41-21-23-12-10-11-22(2)17-23)18-27-31(37)35(25-13-6-4-7-14-25)33(39)36(32(27)38)26-15-8-5-9-16-26/h4-20H,3,21H2,1-2H3. The van der Waals surface area contributed by atoms with Crippen LogP contribution in [0.2, 0.25) is 0 Å². The van der Waals surface area contributed by atoms with Crippen LogP contribution in [-0.4, -0.2) is 24.5 Å². The number of aryl methyl sites for hydroxylation is 1. The van der Waals surface area contributed by atoms with Gasteiger partial charge in [-0.05, 0) is 90.0 Å². The molecule has 0 atom stereocenters. The highest BCUT2D eigenvalue weighted by Crippen LogP contribution is 2.37. The number of barbiturate groups is 1. The summed E-state index contributed by atoms with van der Waals surface area (Å²) in [6, 6.07) is 28.0. The molecule has 4 aromatic carbocycles. The van der Waals surface area contributed by atoms with E-state index in [0.717, 1.165) is 24.5 Å². The molecule has 1 aliphatic heterocycles. The lowest BCUT2D eigenvalue weighted by atomic mass is 10.0. The molecule has 1 aliphatic rings. The van der Waals surface area contributed by atoms with E-state index in [1.807, 2.05) is 38.1 Å². The highest BCUT2D eigenvalue weighted by atomic mass is 127. The van der Waals surface area contributed by atoms with Gasteiger partial charge >= 0.3 is 6.03 Å². The molecule has 206 valence electrons. The number of ether oxygens (including phenoxy) is 2. The van der Waals surface area contributed by atoms with Crippen molar-refractivity contribution in [2.45, 2.75) is 20.5 Å². The third-order valence-electron chi connectivity index (χ3n) is 6.39. The van der Waals surface area contributed by atoms with Gasteiger partial charge in [0, 0.05) is 0 Å². The number of nitrogens with zero attached hydrogens (tertiary/aromatic N) is 2. The summed E-state index contributed by atoms with van der Waals surface area (Å²) in [4.78, 5) is 43.0. The van der Waals surface area contributed by atoms with E-state index in [4.69, 9.17) is 9.47 Å². The minimum Gasteiger partial charge on any atom is -0.490 e. The molecular formula is C33H27IN2O5. The maximum Gasteiger partial charge on any atom is 0.343 e. The largest absolute Gasteiger partial charge is 0.490 e. The molecule has 0 spiro atoms. The summed E-state index contributed by atoms with van der Waals surface area (Å²) in [6.45, 7) is 4.65. The second-order valence-corrected chi connectivity index (χ2v) is 10.5. The van der Waals surface area contributed by atoms with Crippen LogP contribution in [0.4, 0.5) is 16.2 Å². The third kappa shape index (κ3) is 6.02. The number of anilines is 2. The molecule has 7 nitrogen and oxygen atoms in total. The molecular weight excluding hydrogens is 631 g/mol. The van der Waals surface area contributed by atoms with E-state index >= 15 is 0 Å². The van der Waals surface area contributed by atoms with Gasteiger partial charge in [0.05, 0.1) is 21.6 Å². The number of urea groups is 1. The number of hydrogen-bond donors (Lipinski definition) is 0. The summed E-state index contributed by atoms with van der Waals surface area (Å²) < 4.78 is 12.8. The summed E-state index contributed by atoms with van der Waals surface area (Å²) in [5, 5.41) is 0. The van der Waals surface area contributed by atoms with E-state index in [2.05, 4.69) is 28.7 Å². The topological polar surface area (TPSA) is 76.2 Å². The molecule has 5 rings (SSSR count). The van der Waals surface area contributed by atoms with Crippen molar-refractivity contribution in [3.63, 3.8) is 0 Å². The van der Waals surface area contributed by atoms with Crippen molar-refractivity contribution in [1.82, 2.24) is 0 Å². The van der Waals surface area contributed by atoms with Crippen molar-refractivity contribution in [1.29, 1.82) is 0 Å². The van der Waals surface area contributed by atoms with Crippen LogP contribution in [0, 0.1) is 10.5 Å².